The number of anilines is 3. The van der Waals surface area contributed by atoms with Crippen molar-refractivity contribution in [2.24, 2.45) is 0 Å². The van der Waals surface area contributed by atoms with Crippen molar-refractivity contribution in [2.75, 3.05) is 16.4 Å². The molecule has 140 valence electrons. The number of rotatable bonds is 6. The van der Waals surface area contributed by atoms with Crippen LogP contribution in [-0.2, 0) is 4.79 Å². The van der Waals surface area contributed by atoms with Gasteiger partial charge in [0, 0.05) is 5.69 Å². The summed E-state index contributed by atoms with van der Waals surface area (Å²) >= 11 is 14.8. The van der Waals surface area contributed by atoms with E-state index in [1.807, 2.05) is 12.1 Å². The quantitative estimate of drug-likeness (QED) is 0.466. The molecular weight excluding hydrogens is 423 g/mol. The summed E-state index contributed by atoms with van der Waals surface area (Å²) in [5.74, 6) is -0.0335. The molecule has 27 heavy (non-hydrogen) atoms. The van der Waals surface area contributed by atoms with Gasteiger partial charge in [-0.3, -0.25) is 4.79 Å². The molecule has 0 aliphatic carbocycles. The molecular formula is C18H16Cl2N4OS2. The molecule has 0 saturated heterocycles. The van der Waals surface area contributed by atoms with E-state index in [1.54, 1.807) is 18.2 Å². The van der Waals surface area contributed by atoms with E-state index >= 15 is 0 Å². The molecule has 3 aromatic rings. The van der Waals surface area contributed by atoms with Gasteiger partial charge < -0.3 is 10.6 Å². The summed E-state index contributed by atoms with van der Waals surface area (Å²) in [6.45, 7) is 4.12. The Kier molecular flexibility index (Phi) is 6.59. The highest BCUT2D eigenvalue weighted by Gasteiger charge is 2.12. The van der Waals surface area contributed by atoms with Crippen molar-refractivity contribution >= 4 is 68.7 Å². The average Bonchev–Trinajstić information content (AvgIpc) is 3.08. The number of halogens is 2. The number of amides is 1. The molecule has 0 spiro atoms. The number of benzene rings is 2. The lowest BCUT2D eigenvalue weighted by Crippen LogP contribution is -2.14. The molecule has 2 aromatic carbocycles. The number of para-hydroxylation sites is 1. The van der Waals surface area contributed by atoms with Crippen LogP contribution in [0.3, 0.4) is 0 Å². The smallest absolute Gasteiger partial charge is 0.234 e. The first-order chi connectivity index (χ1) is 12.9. The van der Waals surface area contributed by atoms with Crippen LogP contribution in [0.1, 0.15) is 11.1 Å². The molecule has 9 heteroatoms. The van der Waals surface area contributed by atoms with E-state index in [0.29, 0.717) is 25.2 Å². The molecule has 3 rings (SSSR count). The maximum atomic E-state index is 12.2. The zero-order valence-electron chi connectivity index (χ0n) is 14.5. The minimum absolute atomic E-state index is 0.180. The second-order valence-electron chi connectivity index (χ2n) is 5.68. The second kappa shape index (κ2) is 8.93. The van der Waals surface area contributed by atoms with Gasteiger partial charge in [-0.1, -0.05) is 64.5 Å². The van der Waals surface area contributed by atoms with Crippen LogP contribution in [-0.4, -0.2) is 21.9 Å². The second-order valence-corrected chi connectivity index (χ2v) is 8.69. The van der Waals surface area contributed by atoms with E-state index in [-0.39, 0.29) is 11.7 Å². The maximum Gasteiger partial charge on any atom is 0.234 e. The van der Waals surface area contributed by atoms with E-state index in [2.05, 4.69) is 40.7 Å². The van der Waals surface area contributed by atoms with Gasteiger partial charge in [-0.05, 0) is 43.2 Å². The Labute approximate surface area is 175 Å². The lowest BCUT2D eigenvalue weighted by Gasteiger charge is -2.08. The van der Waals surface area contributed by atoms with Gasteiger partial charge in [0.2, 0.25) is 11.0 Å². The topological polar surface area (TPSA) is 66.9 Å². The summed E-state index contributed by atoms with van der Waals surface area (Å²) in [7, 11) is 0. The Morgan fingerprint density at radius 2 is 1.81 bits per heavy atom. The first-order valence-corrected chi connectivity index (χ1v) is 10.5. The highest BCUT2D eigenvalue weighted by molar-refractivity contribution is 8.01. The summed E-state index contributed by atoms with van der Waals surface area (Å²) < 4.78 is 0.697. The van der Waals surface area contributed by atoms with Crippen LogP contribution in [0.25, 0.3) is 0 Å². The van der Waals surface area contributed by atoms with E-state index in [9.17, 15) is 4.79 Å². The van der Waals surface area contributed by atoms with Gasteiger partial charge in [0.25, 0.3) is 0 Å². The van der Waals surface area contributed by atoms with Crippen LogP contribution in [0.4, 0.5) is 16.5 Å². The Bertz CT molecular complexity index is 957. The Hall–Kier alpha value is -1.80. The van der Waals surface area contributed by atoms with Crippen LogP contribution in [0.2, 0.25) is 10.0 Å². The molecule has 0 aliphatic rings. The number of nitrogens with one attached hydrogen (secondary N) is 2. The molecule has 1 heterocycles. The third-order valence-electron chi connectivity index (χ3n) is 3.81. The van der Waals surface area contributed by atoms with Gasteiger partial charge in [-0.15, -0.1) is 10.2 Å². The van der Waals surface area contributed by atoms with Crippen LogP contribution in [0.5, 0.6) is 0 Å². The van der Waals surface area contributed by atoms with Crippen molar-refractivity contribution < 1.29 is 4.79 Å². The molecule has 2 N–H and O–H groups in total. The molecule has 0 unspecified atom stereocenters. The summed E-state index contributed by atoms with van der Waals surface area (Å²) in [5, 5.41) is 15.7. The Morgan fingerprint density at radius 1 is 1.11 bits per heavy atom. The zero-order chi connectivity index (χ0) is 19.4. The lowest BCUT2D eigenvalue weighted by molar-refractivity contribution is -0.113. The van der Waals surface area contributed by atoms with Crippen molar-refractivity contribution in [1.82, 2.24) is 10.2 Å². The first-order valence-electron chi connectivity index (χ1n) is 7.97. The standard InChI is InChI=1S/C18H16Cl2N4OS2/c1-10-5-3-8-14(11(10)2)21-17-23-24-18(27-17)26-9-15(25)22-16-12(19)6-4-7-13(16)20/h3-8H,9H2,1-2H3,(H,21,23)(H,22,25). The van der Waals surface area contributed by atoms with Crippen LogP contribution in [0.15, 0.2) is 40.7 Å². The fraction of sp³-hybridized carbons (Fsp3) is 0.167. The van der Waals surface area contributed by atoms with Crippen LogP contribution in [0, 0.1) is 13.8 Å². The van der Waals surface area contributed by atoms with Gasteiger partial charge in [-0.2, -0.15) is 0 Å². The first kappa shape index (κ1) is 19.9. The van der Waals surface area contributed by atoms with Crippen LogP contribution >= 0.6 is 46.3 Å². The van der Waals surface area contributed by atoms with Crippen molar-refractivity contribution in [3.8, 4) is 0 Å². The van der Waals surface area contributed by atoms with Crippen molar-refractivity contribution in [1.29, 1.82) is 0 Å². The van der Waals surface area contributed by atoms with E-state index < -0.39 is 0 Å². The minimum atomic E-state index is -0.214. The summed E-state index contributed by atoms with van der Waals surface area (Å²) in [5.41, 5.74) is 3.78. The lowest BCUT2D eigenvalue weighted by atomic mass is 10.1. The monoisotopic (exact) mass is 438 g/mol. The fourth-order valence-electron chi connectivity index (χ4n) is 2.24. The number of nitrogens with zero attached hydrogens (tertiary/aromatic N) is 2. The molecule has 1 aromatic heterocycles. The molecule has 5 nitrogen and oxygen atoms in total. The molecule has 0 fully saturated rings. The summed E-state index contributed by atoms with van der Waals surface area (Å²) in [6, 6.07) is 11.1. The Morgan fingerprint density at radius 3 is 2.56 bits per heavy atom. The zero-order valence-corrected chi connectivity index (χ0v) is 17.7. The van der Waals surface area contributed by atoms with Crippen molar-refractivity contribution in [3.05, 3.63) is 57.6 Å². The normalized spacial score (nSPS) is 10.7. The summed E-state index contributed by atoms with van der Waals surface area (Å²) in [4.78, 5) is 12.2. The number of hydrogen-bond donors (Lipinski definition) is 2. The number of hydrogen-bond acceptors (Lipinski definition) is 6. The predicted octanol–water partition coefficient (Wildman–Crippen LogP) is 5.94. The minimum Gasteiger partial charge on any atom is -0.330 e. The molecule has 0 aliphatic heterocycles. The number of carbonyl (C=O) groups excluding carboxylic acids is 1. The van der Waals surface area contributed by atoms with Crippen molar-refractivity contribution in [2.45, 2.75) is 18.2 Å². The molecule has 0 atom stereocenters. The average molecular weight is 439 g/mol. The predicted molar refractivity (Wildman–Crippen MR) is 115 cm³/mol. The van der Waals surface area contributed by atoms with Gasteiger partial charge in [0.1, 0.15) is 0 Å². The molecule has 0 bridgehead atoms. The van der Waals surface area contributed by atoms with Gasteiger partial charge >= 0.3 is 0 Å². The number of aryl methyl sites for hydroxylation is 1. The third kappa shape index (κ3) is 5.13. The maximum absolute atomic E-state index is 12.2. The van der Waals surface area contributed by atoms with Gasteiger partial charge in [0.15, 0.2) is 4.34 Å². The highest BCUT2D eigenvalue weighted by atomic mass is 35.5. The third-order valence-corrected chi connectivity index (χ3v) is 6.41. The Balaban J connectivity index is 1.58. The molecule has 1 amide bonds. The SMILES string of the molecule is Cc1cccc(Nc2nnc(SCC(=O)Nc3c(Cl)cccc3Cl)s2)c1C. The number of carbonyl (C=O) groups is 1. The number of aromatic nitrogens is 2. The fourth-order valence-corrected chi connectivity index (χ4v) is 4.30. The molecule has 0 saturated carbocycles. The van der Waals surface area contributed by atoms with E-state index in [4.69, 9.17) is 23.2 Å². The number of thioether (sulfide) groups is 1. The van der Waals surface area contributed by atoms with Gasteiger partial charge in [0.05, 0.1) is 21.5 Å². The van der Waals surface area contributed by atoms with Crippen LogP contribution < -0.4 is 10.6 Å². The van der Waals surface area contributed by atoms with E-state index in [1.165, 1.54) is 28.7 Å². The van der Waals surface area contributed by atoms with Crippen molar-refractivity contribution in [3.63, 3.8) is 0 Å². The van der Waals surface area contributed by atoms with E-state index in [0.717, 1.165) is 11.3 Å². The molecule has 0 radical (unpaired) electrons. The largest absolute Gasteiger partial charge is 0.330 e. The highest BCUT2D eigenvalue weighted by Crippen LogP contribution is 2.31. The van der Waals surface area contributed by atoms with Gasteiger partial charge in [-0.25, -0.2) is 0 Å². The summed E-state index contributed by atoms with van der Waals surface area (Å²) in [6.07, 6.45) is 0.